The molecule has 0 amide bonds. The van der Waals surface area contributed by atoms with Crippen LogP contribution < -0.4 is 10.2 Å². The lowest BCUT2D eigenvalue weighted by atomic mass is 10.1. The summed E-state index contributed by atoms with van der Waals surface area (Å²) in [6.07, 6.45) is 2.07. The Morgan fingerprint density at radius 2 is 2.12 bits per heavy atom. The van der Waals surface area contributed by atoms with Crippen molar-refractivity contribution in [1.82, 2.24) is 4.98 Å². The fourth-order valence-electron chi connectivity index (χ4n) is 2.58. The van der Waals surface area contributed by atoms with Crippen molar-refractivity contribution in [2.45, 2.75) is 27.2 Å². The van der Waals surface area contributed by atoms with Crippen LogP contribution in [0.15, 0.2) is 33.0 Å². The molecule has 0 fully saturated rings. The molecule has 2 aromatic heterocycles. The normalized spacial score (nSPS) is 10.9. The van der Waals surface area contributed by atoms with Gasteiger partial charge >= 0.3 is 5.97 Å². The number of hydrogen-bond donors (Lipinski definition) is 0. The Balaban J connectivity index is 2.01. The van der Waals surface area contributed by atoms with E-state index in [1.165, 1.54) is 17.6 Å². The monoisotopic (exact) mass is 373 g/mol. The molecule has 26 heavy (non-hydrogen) atoms. The highest BCUT2D eigenvalue weighted by Crippen LogP contribution is 2.28. The van der Waals surface area contributed by atoms with Crippen LogP contribution in [0.4, 0.5) is 0 Å². The topological polar surface area (TPSA) is 78.6 Å². The largest absolute Gasteiger partial charge is 0.481 e. The Morgan fingerprint density at radius 1 is 1.31 bits per heavy atom. The Kier molecular flexibility index (Phi) is 5.37. The zero-order valence-corrected chi connectivity index (χ0v) is 15.6. The quantitative estimate of drug-likeness (QED) is 0.613. The lowest BCUT2D eigenvalue weighted by molar-refractivity contribution is -0.145. The van der Waals surface area contributed by atoms with Crippen molar-refractivity contribution in [3.8, 4) is 16.3 Å². The number of hydrogen-bond acceptors (Lipinski definition) is 7. The van der Waals surface area contributed by atoms with E-state index in [2.05, 4.69) is 4.98 Å². The predicted octanol–water partition coefficient (Wildman–Crippen LogP) is 3.73. The van der Waals surface area contributed by atoms with E-state index < -0.39 is 5.97 Å². The SMILES string of the molecule is CCOC(=O)COc1cc2occ(-c3nc(C)cs3)c(=O)c2cc1CC. The molecule has 0 unspecified atom stereocenters. The molecular formula is C19H19NO5S. The second-order valence-corrected chi connectivity index (χ2v) is 6.53. The van der Waals surface area contributed by atoms with Crippen LogP contribution in [0.5, 0.6) is 5.75 Å². The summed E-state index contributed by atoms with van der Waals surface area (Å²) in [6.45, 7) is 5.68. The number of esters is 1. The number of aromatic nitrogens is 1. The third-order valence-electron chi connectivity index (χ3n) is 3.84. The van der Waals surface area contributed by atoms with Gasteiger partial charge in [-0.1, -0.05) is 6.92 Å². The van der Waals surface area contributed by atoms with Crippen molar-refractivity contribution in [2.24, 2.45) is 0 Å². The molecular weight excluding hydrogens is 354 g/mol. The third-order valence-corrected chi connectivity index (χ3v) is 4.83. The number of ether oxygens (including phenoxy) is 2. The van der Waals surface area contributed by atoms with E-state index in [-0.39, 0.29) is 12.0 Å². The molecule has 7 heteroatoms. The summed E-state index contributed by atoms with van der Waals surface area (Å²) in [7, 11) is 0. The molecule has 0 radical (unpaired) electrons. The third kappa shape index (κ3) is 3.62. The van der Waals surface area contributed by atoms with Gasteiger partial charge in [-0.3, -0.25) is 4.79 Å². The molecule has 0 bridgehead atoms. The van der Waals surface area contributed by atoms with Crippen molar-refractivity contribution in [1.29, 1.82) is 0 Å². The minimum atomic E-state index is -0.439. The molecule has 0 saturated carbocycles. The molecule has 3 rings (SSSR count). The first-order valence-corrected chi connectivity index (χ1v) is 9.20. The molecule has 1 aromatic carbocycles. The molecule has 0 atom stereocenters. The first-order valence-electron chi connectivity index (χ1n) is 8.32. The van der Waals surface area contributed by atoms with Gasteiger partial charge in [-0.25, -0.2) is 9.78 Å². The Bertz CT molecular complexity index is 1000. The number of benzene rings is 1. The van der Waals surface area contributed by atoms with E-state index in [0.29, 0.717) is 40.3 Å². The number of carbonyl (C=O) groups excluding carboxylic acids is 1. The summed E-state index contributed by atoms with van der Waals surface area (Å²) in [4.78, 5) is 28.7. The van der Waals surface area contributed by atoms with Crippen LogP contribution in [-0.4, -0.2) is 24.2 Å². The number of aryl methyl sites for hydroxylation is 2. The van der Waals surface area contributed by atoms with Crippen LogP contribution in [-0.2, 0) is 16.0 Å². The molecule has 0 spiro atoms. The molecule has 2 heterocycles. The van der Waals surface area contributed by atoms with E-state index in [1.54, 1.807) is 19.1 Å². The van der Waals surface area contributed by atoms with Crippen LogP contribution in [0.1, 0.15) is 25.1 Å². The highest BCUT2D eigenvalue weighted by atomic mass is 32.1. The highest BCUT2D eigenvalue weighted by molar-refractivity contribution is 7.13. The predicted molar refractivity (Wildman–Crippen MR) is 99.8 cm³/mol. The fourth-order valence-corrected chi connectivity index (χ4v) is 3.38. The van der Waals surface area contributed by atoms with Crippen molar-refractivity contribution in [2.75, 3.05) is 13.2 Å². The molecule has 0 N–H and O–H groups in total. The van der Waals surface area contributed by atoms with Crippen molar-refractivity contribution >= 4 is 28.3 Å². The van der Waals surface area contributed by atoms with E-state index in [0.717, 1.165) is 11.3 Å². The average Bonchev–Trinajstić information content (AvgIpc) is 3.06. The second-order valence-electron chi connectivity index (χ2n) is 5.68. The maximum atomic E-state index is 12.9. The Hall–Kier alpha value is -2.67. The van der Waals surface area contributed by atoms with Gasteiger partial charge in [-0.15, -0.1) is 11.3 Å². The van der Waals surface area contributed by atoms with Gasteiger partial charge in [0.2, 0.25) is 5.43 Å². The number of nitrogens with zero attached hydrogens (tertiary/aromatic N) is 1. The maximum absolute atomic E-state index is 12.9. The Labute approximate surface area is 154 Å². The van der Waals surface area contributed by atoms with Crippen LogP contribution in [0.2, 0.25) is 0 Å². The van der Waals surface area contributed by atoms with E-state index in [9.17, 15) is 9.59 Å². The zero-order valence-electron chi connectivity index (χ0n) is 14.8. The molecule has 0 aliphatic heterocycles. The standard InChI is InChI=1S/C19H19NO5S/c1-4-12-6-13-16(7-15(12)25-9-17(21)23-5-2)24-8-14(18(13)22)19-20-11(3)10-26-19/h6-8,10H,4-5,9H2,1-3H3. The highest BCUT2D eigenvalue weighted by Gasteiger charge is 2.15. The van der Waals surface area contributed by atoms with Gasteiger partial charge < -0.3 is 13.9 Å². The van der Waals surface area contributed by atoms with Crippen molar-refractivity contribution < 1.29 is 18.7 Å². The van der Waals surface area contributed by atoms with E-state index in [4.69, 9.17) is 13.9 Å². The van der Waals surface area contributed by atoms with Gasteiger partial charge in [-0.2, -0.15) is 0 Å². The number of carbonyl (C=O) groups is 1. The van der Waals surface area contributed by atoms with Crippen LogP contribution in [0.25, 0.3) is 21.5 Å². The molecule has 6 nitrogen and oxygen atoms in total. The summed E-state index contributed by atoms with van der Waals surface area (Å²) in [5.41, 5.74) is 2.40. The average molecular weight is 373 g/mol. The van der Waals surface area contributed by atoms with Crippen LogP contribution in [0, 0.1) is 6.92 Å². The summed E-state index contributed by atoms with van der Waals surface area (Å²) in [5, 5.41) is 3.00. The lowest BCUT2D eigenvalue weighted by Crippen LogP contribution is -2.15. The minimum Gasteiger partial charge on any atom is -0.481 e. The molecule has 0 aliphatic rings. The summed E-state index contributed by atoms with van der Waals surface area (Å²) < 4.78 is 16.1. The number of thiazole rings is 1. The first-order chi connectivity index (χ1) is 12.5. The van der Waals surface area contributed by atoms with Gasteiger partial charge in [0.1, 0.15) is 22.6 Å². The van der Waals surface area contributed by atoms with Gasteiger partial charge in [0.25, 0.3) is 0 Å². The first kappa shape index (κ1) is 18.1. The molecule has 3 aromatic rings. The van der Waals surface area contributed by atoms with Gasteiger partial charge in [0.15, 0.2) is 6.61 Å². The van der Waals surface area contributed by atoms with E-state index >= 15 is 0 Å². The minimum absolute atomic E-state index is 0.132. The fraction of sp³-hybridized carbons (Fsp3) is 0.316. The number of fused-ring (bicyclic) bond motifs is 1. The number of rotatable bonds is 6. The van der Waals surface area contributed by atoms with Crippen molar-refractivity contribution in [3.05, 3.63) is 45.3 Å². The summed E-state index contributed by atoms with van der Waals surface area (Å²) in [6, 6.07) is 3.40. The van der Waals surface area contributed by atoms with Gasteiger partial charge in [-0.05, 0) is 31.9 Å². The van der Waals surface area contributed by atoms with Gasteiger partial charge in [0, 0.05) is 17.1 Å². The maximum Gasteiger partial charge on any atom is 0.344 e. The second kappa shape index (κ2) is 7.70. The van der Waals surface area contributed by atoms with Crippen molar-refractivity contribution in [3.63, 3.8) is 0 Å². The molecule has 136 valence electrons. The van der Waals surface area contributed by atoms with Crippen LogP contribution >= 0.6 is 11.3 Å². The summed E-state index contributed by atoms with van der Waals surface area (Å²) in [5.74, 6) is 0.0691. The summed E-state index contributed by atoms with van der Waals surface area (Å²) >= 11 is 1.41. The smallest absolute Gasteiger partial charge is 0.344 e. The van der Waals surface area contributed by atoms with Gasteiger partial charge in [0.05, 0.1) is 17.6 Å². The lowest BCUT2D eigenvalue weighted by Gasteiger charge is -2.11. The van der Waals surface area contributed by atoms with E-state index in [1.807, 2.05) is 19.2 Å². The molecule has 0 aliphatic carbocycles. The van der Waals surface area contributed by atoms with Crippen LogP contribution in [0.3, 0.4) is 0 Å². The Morgan fingerprint density at radius 3 is 2.77 bits per heavy atom. The molecule has 0 saturated heterocycles. The zero-order chi connectivity index (χ0) is 18.7.